The highest BCUT2D eigenvalue weighted by atomic mass is 17.3. The molecule has 4 aromatic carbocycles. The standard InChI is InChI=1S/C46H38O10/c47-33-13-15-38-40(25-33)54-41-26-34(14-16-39(41)42(38)36-11-4-5-12-37(36)43(48)49)51-17-18-52-46(45(55-56-46)31-20-27-19-28(22-31)23-32(45)21-27)30-9-6-10-35(24-30)53-44(50)29-7-2-1-3-8-29/h1-16,24-28,31-32H,17-23H2,(H,48,49). The molecule has 11 rings (SSSR count). The third-order valence-corrected chi connectivity index (χ3v) is 12.3. The van der Waals surface area contributed by atoms with E-state index in [4.69, 9.17) is 28.4 Å². The van der Waals surface area contributed by atoms with Crippen LogP contribution in [0.25, 0.3) is 33.4 Å². The number of aromatic carboxylic acids is 1. The van der Waals surface area contributed by atoms with Crippen LogP contribution in [0.1, 0.15) is 58.4 Å². The Kier molecular flexibility index (Phi) is 8.32. The zero-order valence-corrected chi connectivity index (χ0v) is 30.4. The van der Waals surface area contributed by atoms with Gasteiger partial charge in [-0.05, 0) is 116 Å². The SMILES string of the molecule is O=C(Oc1cccc(C2(OCCOc3ccc4c(-c5ccccc5C(=O)O)c5ccc(=O)cc-5oc4c3)OOC23C2CC4CC(C2)CC3C4)c1)c1ccccc1. The molecule has 5 fully saturated rings. The Labute approximate surface area is 321 Å². The van der Waals surface area contributed by atoms with E-state index in [-0.39, 0.29) is 36.0 Å². The summed E-state index contributed by atoms with van der Waals surface area (Å²) >= 11 is 0. The maximum atomic E-state index is 13.0. The van der Waals surface area contributed by atoms with E-state index in [1.54, 1.807) is 72.8 Å². The first-order chi connectivity index (χ1) is 27.3. The second-order valence-electron chi connectivity index (χ2n) is 15.5. The zero-order valence-electron chi connectivity index (χ0n) is 30.4. The molecule has 1 unspecified atom stereocenters. The summed E-state index contributed by atoms with van der Waals surface area (Å²) in [5.41, 5.74) is 2.61. The number of carbonyl (C=O) groups excluding carboxylic acids is 1. The predicted octanol–water partition coefficient (Wildman–Crippen LogP) is 8.89. The molecular weight excluding hydrogens is 712 g/mol. The summed E-state index contributed by atoms with van der Waals surface area (Å²) in [7, 11) is 0. The molecule has 7 aliphatic rings. The Morgan fingerprint density at radius 2 is 1.48 bits per heavy atom. The van der Waals surface area contributed by atoms with Crippen LogP contribution in [-0.4, -0.2) is 35.9 Å². The van der Waals surface area contributed by atoms with Crippen LogP contribution in [0.2, 0.25) is 0 Å². The molecule has 10 nitrogen and oxygen atoms in total. The van der Waals surface area contributed by atoms with Gasteiger partial charge in [-0.1, -0.05) is 48.5 Å². The van der Waals surface area contributed by atoms with Gasteiger partial charge in [0.25, 0.3) is 5.79 Å². The Morgan fingerprint density at radius 1 is 0.714 bits per heavy atom. The maximum Gasteiger partial charge on any atom is 0.343 e. The summed E-state index contributed by atoms with van der Waals surface area (Å²) in [6.45, 7) is 0.304. The van der Waals surface area contributed by atoms with E-state index < -0.39 is 23.3 Å². The Bertz CT molecular complexity index is 2500. The van der Waals surface area contributed by atoms with E-state index in [9.17, 15) is 19.5 Å². The van der Waals surface area contributed by atoms with Gasteiger partial charge in [0.15, 0.2) is 11.0 Å². The van der Waals surface area contributed by atoms with Crippen molar-refractivity contribution in [2.24, 2.45) is 23.7 Å². The Balaban J connectivity index is 0.948. The quantitative estimate of drug-likeness (QED) is 0.0476. The summed E-state index contributed by atoms with van der Waals surface area (Å²) in [5.74, 6) is 0.342. The fraction of sp³-hybridized carbons (Fsp3) is 0.283. The van der Waals surface area contributed by atoms with Gasteiger partial charge in [-0.3, -0.25) is 4.79 Å². The highest BCUT2D eigenvalue weighted by Crippen LogP contribution is 2.69. The van der Waals surface area contributed by atoms with Crippen LogP contribution in [0.4, 0.5) is 0 Å². The molecule has 10 heteroatoms. The number of carboxylic acids is 1. The molecule has 1 atom stereocenters. The summed E-state index contributed by atoms with van der Waals surface area (Å²) < 4.78 is 25.2. The second kappa shape index (κ2) is 13.4. The number of fused-ring (bicyclic) bond motifs is 2. The van der Waals surface area contributed by atoms with Crippen molar-refractivity contribution in [2.75, 3.05) is 13.2 Å². The molecule has 4 aromatic rings. The number of hydrogen-bond acceptors (Lipinski definition) is 9. The number of carbonyl (C=O) groups is 2. The number of ether oxygens (including phenoxy) is 3. The third kappa shape index (κ3) is 5.54. The molecular formula is C46H38O10. The van der Waals surface area contributed by atoms with Gasteiger partial charge < -0.3 is 23.7 Å². The van der Waals surface area contributed by atoms with Crippen LogP contribution >= 0.6 is 0 Å². The molecule has 4 saturated carbocycles. The van der Waals surface area contributed by atoms with Crippen LogP contribution in [-0.2, 0) is 20.3 Å². The molecule has 1 spiro atoms. The first-order valence-electron chi connectivity index (χ1n) is 19.2. The first kappa shape index (κ1) is 34.7. The summed E-state index contributed by atoms with van der Waals surface area (Å²) in [4.78, 5) is 50.1. The molecule has 0 radical (unpaired) electrons. The van der Waals surface area contributed by atoms with Gasteiger partial charge in [-0.15, -0.1) is 0 Å². The van der Waals surface area contributed by atoms with Gasteiger partial charge in [0, 0.05) is 34.2 Å². The van der Waals surface area contributed by atoms with Crippen LogP contribution in [0.5, 0.6) is 11.5 Å². The van der Waals surface area contributed by atoms with Crippen molar-refractivity contribution in [2.45, 2.75) is 43.5 Å². The van der Waals surface area contributed by atoms with Gasteiger partial charge in [-0.25, -0.2) is 14.5 Å². The minimum absolute atomic E-state index is 0.137. The predicted molar refractivity (Wildman–Crippen MR) is 204 cm³/mol. The molecule has 5 aliphatic carbocycles. The normalized spacial score (nSPS) is 26.0. The van der Waals surface area contributed by atoms with Crippen LogP contribution in [0.15, 0.2) is 124 Å². The highest BCUT2D eigenvalue weighted by Gasteiger charge is 2.76. The van der Waals surface area contributed by atoms with Crippen molar-refractivity contribution in [3.05, 3.63) is 142 Å². The van der Waals surface area contributed by atoms with E-state index in [1.807, 2.05) is 30.3 Å². The Hall–Kier alpha value is -5.81. The number of rotatable bonds is 10. The lowest BCUT2D eigenvalue weighted by atomic mass is 9.47. The van der Waals surface area contributed by atoms with E-state index in [0.29, 0.717) is 62.3 Å². The van der Waals surface area contributed by atoms with E-state index >= 15 is 0 Å². The number of hydrogen-bond donors (Lipinski definition) is 1. The molecule has 0 aromatic heterocycles. The van der Waals surface area contributed by atoms with Gasteiger partial charge >= 0.3 is 11.9 Å². The van der Waals surface area contributed by atoms with E-state index in [1.165, 1.54) is 18.6 Å². The summed E-state index contributed by atoms with van der Waals surface area (Å²) in [6.07, 6.45) is 5.51. The van der Waals surface area contributed by atoms with Gasteiger partial charge in [0.05, 0.1) is 17.7 Å². The van der Waals surface area contributed by atoms with E-state index in [2.05, 4.69) is 0 Å². The van der Waals surface area contributed by atoms with Crippen LogP contribution < -0.4 is 14.9 Å². The average molecular weight is 751 g/mol. The molecule has 56 heavy (non-hydrogen) atoms. The largest absolute Gasteiger partial charge is 0.491 e. The molecule has 4 bridgehead atoms. The van der Waals surface area contributed by atoms with Crippen molar-refractivity contribution >= 4 is 22.9 Å². The van der Waals surface area contributed by atoms with Crippen molar-refractivity contribution in [3.8, 4) is 33.9 Å². The lowest BCUT2D eigenvalue weighted by Gasteiger charge is -2.68. The minimum atomic E-state index is -1.24. The van der Waals surface area contributed by atoms with Crippen molar-refractivity contribution in [1.29, 1.82) is 0 Å². The zero-order chi connectivity index (χ0) is 38.0. The average Bonchev–Trinajstić information content (AvgIpc) is 3.19. The number of benzene rings is 5. The molecule has 0 amide bonds. The second-order valence-corrected chi connectivity index (χ2v) is 15.5. The molecule has 282 valence electrons. The lowest BCUT2D eigenvalue weighted by Crippen LogP contribution is -2.76. The van der Waals surface area contributed by atoms with Crippen LogP contribution in [0, 0.1) is 23.7 Å². The van der Waals surface area contributed by atoms with Crippen molar-refractivity contribution in [1.82, 2.24) is 0 Å². The molecule has 1 N–H and O–H groups in total. The van der Waals surface area contributed by atoms with Gasteiger partial charge in [-0.2, -0.15) is 4.89 Å². The minimum Gasteiger partial charge on any atom is -0.491 e. The molecule has 2 aliphatic heterocycles. The number of esters is 1. The highest BCUT2D eigenvalue weighted by molar-refractivity contribution is 6.07. The smallest absolute Gasteiger partial charge is 0.343 e. The van der Waals surface area contributed by atoms with E-state index in [0.717, 1.165) is 31.2 Å². The lowest BCUT2D eigenvalue weighted by molar-refractivity contribution is -0.648. The summed E-state index contributed by atoms with van der Waals surface area (Å²) in [5, 5.41) is 10.7. The monoisotopic (exact) mass is 750 g/mol. The van der Waals surface area contributed by atoms with Crippen molar-refractivity contribution < 1.29 is 43.1 Å². The fourth-order valence-electron chi connectivity index (χ4n) is 10.2. The van der Waals surface area contributed by atoms with Gasteiger partial charge in [0.1, 0.15) is 29.4 Å². The maximum absolute atomic E-state index is 13.0. The van der Waals surface area contributed by atoms with Crippen LogP contribution in [0.3, 0.4) is 0 Å². The fourth-order valence-corrected chi connectivity index (χ4v) is 10.2. The van der Waals surface area contributed by atoms with Gasteiger partial charge in [0.2, 0.25) is 0 Å². The summed E-state index contributed by atoms with van der Waals surface area (Å²) in [6, 6.07) is 32.9. The third-order valence-electron chi connectivity index (χ3n) is 12.3. The Morgan fingerprint density at radius 3 is 2.23 bits per heavy atom. The topological polar surface area (TPSA) is 131 Å². The molecule has 2 heterocycles. The number of carboxylic acid groups (broad SMARTS) is 1. The first-order valence-corrected chi connectivity index (χ1v) is 19.2. The van der Waals surface area contributed by atoms with Crippen molar-refractivity contribution in [3.63, 3.8) is 0 Å². The molecule has 1 saturated heterocycles.